The Morgan fingerprint density at radius 3 is 2.71 bits per heavy atom. The first-order valence-electron chi connectivity index (χ1n) is 5.99. The van der Waals surface area contributed by atoms with Crippen LogP contribution in [0.25, 0.3) is 0 Å². The lowest BCUT2D eigenvalue weighted by molar-refractivity contribution is 0.205. The van der Waals surface area contributed by atoms with Gasteiger partial charge >= 0.3 is 0 Å². The van der Waals surface area contributed by atoms with Crippen LogP contribution in [0.5, 0.6) is 0 Å². The fourth-order valence-corrected chi connectivity index (χ4v) is 1.65. The van der Waals surface area contributed by atoms with E-state index in [9.17, 15) is 0 Å². The molecule has 0 spiro atoms. The molecule has 0 aromatic carbocycles. The Bertz CT molecular complexity index is 343. The van der Waals surface area contributed by atoms with Crippen molar-refractivity contribution in [2.45, 2.75) is 20.3 Å². The first-order chi connectivity index (χ1) is 8.21. The molecule has 0 bridgehead atoms. The van der Waals surface area contributed by atoms with E-state index in [1.54, 1.807) is 7.11 Å². The minimum atomic E-state index is 0.605. The molecule has 96 valence electrons. The fraction of sp³-hybridized carbons (Fsp3) is 0.667. The Hall–Kier alpha value is -1.20. The van der Waals surface area contributed by atoms with Gasteiger partial charge in [0.15, 0.2) is 0 Å². The van der Waals surface area contributed by atoms with Gasteiger partial charge in [0, 0.05) is 38.5 Å². The zero-order valence-corrected chi connectivity index (χ0v) is 10.9. The molecular formula is C12H22N4O. The summed E-state index contributed by atoms with van der Waals surface area (Å²) >= 11 is 0. The normalized spacial score (nSPS) is 10.6. The summed E-state index contributed by atoms with van der Waals surface area (Å²) < 4.78 is 5.10. The number of aryl methyl sites for hydroxylation is 2. The van der Waals surface area contributed by atoms with Gasteiger partial charge in [-0.3, -0.25) is 0 Å². The molecule has 0 radical (unpaired) electrons. The van der Waals surface area contributed by atoms with Crippen LogP contribution in [0.15, 0.2) is 6.07 Å². The number of nitrogens with two attached hydrogens (primary N) is 1. The smallest absolute Gasteiger partial charge is 0.132 e. The SMILES string of the molecule is CCc1cc(N(CCN)CCOC)nc(C)n1. The van der Waals surface area contributed by atoms with Crippen LogP contribution in [0.4, 0.5) is 5.82 Å². The van der Waals surface area contributed by atoms with Gasteiger partial charge in [0.1, 0.15) is 11.6 Å². The molecular weight excluding hydrogens is 216 g/mol. The Morgan fingerprint density at radius 2 is 2.12 bits per heavy atom. The Morgan fingerprint density at radius 1 is 1.35 bits per heavy atom. The summed E-state index contributed by atoms with van der Waals surface area (Å²) in [5.74, 6) is 1.75. The lowest BCUT2D eigenvalue weighted by Crippen LogP contribution is -2.33. The molecule has 5 nitrogen and oxygen atoms in total. The van der Waals surface area contributed by atoms with Crippen LogP contribution in [0.2, 0.25) is 0 Å². The average molecular weight is 238 g/mol. The predicted molar refractivity (Wildman–Crippen MR) is 69.3 cm³/mol. The lowest BCUT2D eigenvalue weighted by Gasteiger charge is -2.23. The molecule has 0 aliphatic carbocycles. The van der Waals surface area contributed by atoms with E-state index >= 15 is 0 Å². The van der Waals surface area contributed by atoms with E-state index in [4.69, 9.17) is 10.5 Å². The summed E-state index contributed by atoms with van der Waals surface area (Å²) in [7, 11) is 1.70. The van der Waals surface area contributed by atoms with Crippen LogP contribution >= 0.6 is 0 Å². The lowest BCUT2D eigenvalue weighted by atomic mass is 10.3. The molecule has 1 aromatic heterocycles. The van der Waals surface area contributed by atoms with Gasteiger partial charge in [0.25, 0.3) is 0 Å². The number of rotatable bonds is 7. The van der Waals surface area contributed by atoms with Gasteiger partial charge < -0.3 is 15.4 Å². The van der Waals surface area contributed by atoms with Crippen molar-refractivity contribution in [3.05, 3.63) is 17.6 Å². The van der Waals surface area contributed by atoms with Crippen molar-refractivity contribution in [2.75, 3.05) is 38.3 Å². The number of nitrogens with zero attached hydrogens (tertiary/aromatic N) is 3. The van der Waals surface area contributed by atoms with Crippen LogP contribution < -0.4 is 10.6 Å². The predicted octanol–water partition coefficient (Wildman–Crippen LogP) is 0.759. The van der Waals surface area contributed by atoms with Gasteiger partial charge in [-0.25, -0.2) is 9.97 Å². The largest absolute Gasteiger partial charge is 0.383 e. The molecule has 1 aromatic rings. The number of anilines is 1. The molecule has 0 aliphatic heterocycles. The molecule has 1 rings (SSSR count). The number of methoxy groups -OCH3 is 1. The monoisotopic (exact) mass is 238 g/mol. The maximum absolute atomic E-state index is 5.62. The van der Waals surface area contributed by atoms with Crippen LogP contribution in [0.3, 0.4) is 0 Å². The highest BCUT2D eigenvalue weighted by Gasteiger charge is 2.09. The maximum atomic E-state index is 5.62. The van der Waals surface area contributed by atoms with Gasteiger partial charge in [-0.05, 0) is 13.3 Å². The number of hydrogen-bond donors (Lipinski definition) is 1. The summed E-state index contributed by atoms with van der Waals surface area (Å²) in [5, 5.41) is 0. The number of hydrogen-bond acceptors (Lipinski definition) is 5. The Balaban J connectivity index is 2.87. The maximum Gasteiger partial charge on any atom is 0.132 e. The molecule has 2 N–H and O–H groups in total. The van der Waals surface area contributed by atoms with Gasteiger partial charge in [0.2, 0.25) is 0 Å². The molecule has 17 heavy (non-hydrogen) atoms. The second kappa shape index (κ2) is 7.19. The minimum Gasteiger partial charge on any atom is -0.383 e. The quantitative estimate of drug-likeness (QED) is 0.759. The Kier molecular flexibility index (Phi) is 5.86. The molecule has 0 fully saturated rings. The molecule has 1 heterocycles. The minimum absolute atomic E-state index is 0.605. The van der Waals surface area contributed by atoms with E-state index < -0.39 is 0 Å². The van der Waals surface area contributed by atoms with Crippen molar-refractivity contribution in [1.29, 1.82) is 0 Å². The van der Waals surface area contributed by atoms with E-state index in [1.165, 1.54) is 0 Å². The zero-order valence-electron chi connectivity index (χ0n) is 10.9. The van der Waals surface area contributed by atoms with Crippen LogP contribution in [-0.2, 0) is 11.2 Å². The summed E-state index contributed by atoms with van der Waals surface area (Å²) in [6.45, 7) is 6.86. The van der Waals surface area contributed by atoms with Crippen LogP contribution in [-0.4, -0.2) is 43.3 Å². The number of ether oxygens (including phenoxy) is 1. The molecule has 0 saturated heterocycles. The van der Waals surface area contributed by atoms with Crippen molar-refractivity contribution in [3.63, 3.8) is 0 Å². The van der Waals surface area contributed by atoms with Crippen molar-refractivity contribution in [3.8, 4) is 0 Å². The van der Waals surface area contributed by atoms with Crippen LogP contribution in [0, 0.1) is 6.92 Å². The van der Waals surface area contributed by atoms with Crippen molar-refractivity contribution >= 4 is 5.82 Å². The Labute approximate surface area is 103 Å². The van der Waals surface area contributed by atoms with E-state index in [2.05, 4.69) is 21.8 Å². The van der Waals surface area contributed by atoms with E-state index in [1.807, 2.05) is 13.0 Å². The third-order valence-electron chi connectivity index (χ3n) is 2.53. The summed E-state index contributed by atoms with van der Waals surface area (Å²) in [4.78, 5) is 11.0. The molecule has 0 aliphatic rings. The van der Waals surface area contributed by atoms with Crippen molar-refractivity contribution < 1.29 is 4.74 Å². The second-order valence-corrected chi connectivity index (χ2v) is 3.89. The average Bonchev–Trinajstić information content (AvgIpc) is 2.33. The highest BCUT2D eigenvalue weighted by molar-refractivity contribution is 5.40. The van der Waals surface area contributed by atoms with Gasteiger partial charge in [-0.1, -0.05) is 6.92 Å². The third-order valence-corrected chi connectivity index (χ3v) is 2.53. The fourth-order valence-electron chi connectivity index (χ4n) is 1.65. The number of aromatic nitrogens is 2. The highest BCUT2D eigenvalue weighted by atomic mass is 16.5. The molecule has 5 heteroatoms. The topological polar surface area (TPSA) is 64.3 Å². The highest BCUT2D eigenvalue weighted by Crippen LogP contribution is 2.12. The van der Waals surface area contributed by atoms with E-state index in [0.717, 1.165) is 36.8 Å². The zero-order chi connectivity index (χ0) is 12.7. The molecule has 0 atom stereocenters. The first kappa shape index (κ1) is 13.9. The molecule has 0 amide bonds. The summed E-state index contributed by atoms with van der Waals surface area (Å²) in [5.41, 5.74) is 6.68. The third kappa shape index (κ3) is 4.28. The summed E-state index contributed by atoms with van der Waals surface area (Å²) in [6, 6.07) is 2.03. The molecule has 0 saturated carbocycles. The summed E-state index contributed by atoms with van der Waals surface area (Å²) in [6.07, 6.45) is 0.914. The van der Waals surface area contributed by atoms with Crippen molar-refractivity contribution in [2.24, 2.45) is 5.73 Å². The van der Waals surface area contributed by atoms with Gasteiger partial charge in [-0.15, -0.1) is 0 Å². The van der Waals surface area contributed by atoms with Crippen molar-refractivity contribution in [1.82, 2.24) is 9.97 Å². The first-order valence-corrected chi connectivity index (χ1v) is 5.99. The molecule has 0 unspecified atom stereocenters. The standard InChI is InChI=1S/C12H22N4O/c1-4-11-9-12(15-10(2)14-11)16(6-5-13)7-8-17-3/h9H,4-8,13H2,1-3H3. The van der Waals surface area contributed by atoms with Gasteiger partial charge in [-0.2, -0.15) is 0 Å². The second-order valence-electron chi connectivity index (χ2n) is 3.89. The van der Waals surface area contributed by atoms with Crippen LogP contribution in [0.1, 0.15) is 18.4 Å². The van der Waals surface area contributed by atoms with E-state index in [0.29, 0.717) is 13.2 Å². The van der Waals surface area contributed by atoms with E-state index in [-0.39, 0.29) is 0 Å². The van der Waals surface area contributed by atoms with Gasteiger partial charge in [0.05, 0.1) is 6.61 Å².